The second kappa shape index (κ2) is 7.47. The Labute approximate surface area is 119 Å². The maximum Gasteiger partial charge on any atom is 0.326 e. The lowest BCUT2D eigenvalue weighted by atomic mass is 9.84. The first-order valence-corrected chi connectivity index (χ1v) is 8.80. The SMILES string of the molecule is CS(=O)(=O)CCNC(=O)NC(C(=O)O)C1CCCCC1. The van der Waals surface area contributed by atoms with Crippen molar-refractivity contribution in [2.75, 3.05) is 18.6 Å². The van der Waals surface area contributed by atoms with Crippen LogP contribution >= 0.6 is 0 Å². The highest BCUT2D eigenvalue weighted by atomic mass is 32.2. The second-order valence-corrected chi connectivity index (χ2v) is 7.50. The molecular weight excluding hydrogens is 284 g/mol. The number of carboxylic acids is 1. The number of hydrogen-bond acceptors (Lipinski definition) is 4. The van der Waals surface area contributed by atoms with Crippen LogP contribution in [0.4, 0.5) is 4.79 Å². The van der Waals surface area contributed by atoms with Crippen LogP contribution in [0, 0.1) is 5.92 Å². The van der Waals surface area contributed by atoms with E-state index >= 15 is 0 Å². The van der Waals surface area contributed by atoms with Gasteiger partial charge in [0, 0.05) is 12.8 Å². The number of nitrogens with one attached hydrogen (secondary N) is 2. The predicted molar refractivity (Wildman–Crippen MR) is 74.2 cm³/mol. The Kier molecular flexibility index (Phi) is 6.25. The van der Waals surface area contributed by atoms with Gasteiger partial charge >= 0.3 is 12.0 Å². The quantitative estimate of drug-likeness (QED) is 0.656. The first-order chi connectivity index (χ1) is 9.29. The molecule has 0 aromatic carbocycles. The molecular formula is C12H22N2O5S. The third kappa shape index (κ3) is 6.23. The van der Waals surface area contributed by atoms with Crippen molar-refractivity contribution in [3.05, 3.63) is 0 Å². The fraction of sp³-hybridized carbons (Fsp3) is 0.833. The summed E-state index contributed by atoms with van der Waals surface area (Å²) < 4.78 is 21.8. The fourth-order valence-electron chi connectivity index (χ4n) is 2.39. The van der Waals surface area contributed by atoms with E-state index in [-0.39, 0.29) is 18.2 Å². The highest BCUT2D eigenvalue weighted by Crippen LogP contribution is 2.26. The number of carbonyl (C=O) groups is 2. The van der Waals surface area contributed by atoms with Gasteiger partial charge in [0.25, 0.3) is 0 Å². The normalized spacial score (nSPS) is 18.2. The van der Waals surface area contributed by atoms with Crippen LogP contribution in [0.1, 0.15) is 32.1 Å². The molecule has 0 radical (unpaired) electrons. The smallest absolute Gasteiger partial charge is 0.326 e. The van der Waals surface area contributed by atoms with E-state index in [0.29, 0.717) is 0 Å². The molecule has 1 rings (SSSR count). The van der Waals surface area contributed by atoms with Crippen molar-refractivity contribution in [2.45, 2.75) is 38.1 Å². The van der Waals surface area contributed by atoms with Gasteiger partial charge in [-0.1, -0.05) is 19.3 Å². The van der Waals surface area contributed by atoms with Crippen LogP contribution in [0.5, 0.6) is 0 Å². The van der Waals surface area contributed by atoms with Crippen LogP contribution < -0.4 is 10.6 Å². The van der Waals surface area contributed by atoms with Crippen molar-refractivity contribution >= 4 is 21.8 Å². The van der Waals surface area contributed by atoms with Gasteiger partial charge in [-0.2, -0.15) is 0 Å². The van der Waals surface area contributed by atoms with Crippen molar-refractivity contribution in [1.82, 2.24) is 10.6 Å². The summed E-state index contributed by atoms with van der Waals surface area (Å²) in [6.07, 6.45) is 5.72. The fourth-order valence-corrected chi connectivity index (χ4v) is 2.86. The zero-order valence-electron chi connectivity index (χ0n) is 11.6. The molecule has 0 aliphatic heterocycles. The number of urea groups is 1. The van der Waals surface area contributed by atoms with Crippen LogP contribution in [0.25, 0.3) is 0 Å². The Morgan fingerprint density at radius 1 is 1.25 bits per heavy atom. The standard InChI is InChI=1S/C12H22N2O5S/c1-20(18,19)8-7-13-12(17)14-10(11(15)16)9-5-3-2-4-6-9/h9-10H,2-8H2,1H3,(H,15,16)(H2,13,14,17). The summed E-state index contributed by atoms with van der Waals surface area (Å²) in [5, 5.41) is 14.0. The molecule has 0 spiro atoms. The van der Waals surface area contributed by atoms with Gasteiger partial charge in [0.2, 0.25) is 0 Å². The minimum Gasteiger partial charge on any atom is -0.480 e. The van der Waals surface area contributed by atoms with Crippen molar-refractivity contribution in [2.24, 2.45) is 5.92 Å². The van der Waals surface area contributed by atoms with Crippen LogP contribution in [0.2, 0.25) is 0 Å². The average Bonchev–Trinajstić information content (AvgIpc) is 2.35. The van der Waals surface area contributed by atoms with Crippen LogP contribution in [-0.2, 0) is 14.6 Å². The van der Waals surface area contributed by atoms with Gasteiger partial charge in [0.1, 0.15) is 15.9 Å². The minimum absolute atomic E-state index is 0.0261. The summed E-state index contributed by atoms with van der Waals surface area (Å²) in [6, 6.07) is -1.54. The van der Waals surface area contributed by atoms with E-state index in [2.05, 4.69) is 10.6 Å². The third-order valence-electron chi connectivity index (χ3n) is 3.43. The summed E-state index contributed by atoms with van der Waals surface area (Å²) in [5.74, 6) is -1.27. The van der Waals surface area contributed by atoms with E-state index in [9.17, 15) is 23.1 Å². The molecule has 1 aliphatic carbocycles. The summed E-state index contributed by atoms with van der Waals surface area (Å²) in [4.78, 5) is 22.8. The molecule has 8 heteroatoms. The maximum atomic E-state index is 11.6. The number of rotatable bonds is 6. The Balaban J connectivity index is 2.44. The zero-order valence-corrected chi connectivity index (χ0v) is 12.4. The lowest BCUT2D eigenvalue weighted by Gasteiger charge is -2.28. The summed E-state index contributed by atoms with van der Waals surface area (Å²) >= 11 is 0. The molecule has 0 aromatic heterocycles. The van der Waals surface area contributed by atoms with E-state index in [1.54, 1.807) is 0 Å². The minimum atomic E-state index is -3.14. The van der Waals surface area contributed by atoms with Crippen molar-refractivity contribution in [3.63, 3.8) is 0 Å². The molecule has 0 heterocycles. The molecule has 2 amide bonds. The van der Waals surface area contributed by atoms with E-state index in [4.69, 9.17) is 0 Å². The summed E-state index contributed by atoms with van der Waals surface area (Å²) in [5.41, 5.74) is 0. The molecule has 1 atom stereocenters. The molecule has 1 fully saturated rings. The predicted octanol–water partition coefficient (Wildman–Crippen LogP) is 0.364. The van der Waals surface area contributed by atoms with Gasteiger partial charge < -0.3 is 15.7 Å². The number of amides is 2. The van der Waals surface area contributed by atoms with E-state index in [1.807, 2.05) is 0 Å². The highest BCUT2D eigenvalue weighted by Gasteiger charge is 2.30. The number of hydrogen-bond donors (Lipinski definition) is 3. The molecule has 1 saturated carbocycles. The summed E-state index contributed by atoms with van der Waals surface area (Å²) in [6.45, 7) is -0.0261. The van der Waals surface area contributed by atoms with Crippen molar-refractivity contribution in [3.8, 4) is 0 Å². The van der Waals surface area contributed by atoms with Gasteiger partial charge in [0.05, 0.1) is 5.75 Å². The molecule has 0 aromatic rings. The van der Waals surface area contributed by atoms with Gasteiger partial charge in [-0.05, 0) is 18.8 Å². The van der Waals surface area contributed by atoms with Crippen LogP contribution in [-0.4, -0.2) is 50.1 Å². The van der Waals surface area contributed by atoms with Crippen LogP contribution in [0.3, 0.4) is 0 Å². The number of carbonyl (C=O) groups excluding carboxylic acids is 1. The molecule has 116 valence electrons. The lowest BCUT2D eigenvalue weighted by molar-refractivity contribution is -0.141. The summed E-state index contributed by atoms with van der Waals surface area (Å²) in [7, 11) is -3.14. The molecule has 20 heavy (non-hydrogen) atoms. The number of sulfone groups is 1. The molecule has 7 nitrogen and oxygen atoms in total. The Morgan fingerprint density at radius 2 is 1.85 bits per heavy atom. The monoisotopic (exact) mass is 306 g/mol. The Hall–Kier alpha value is -1.31. The Morgan fingerprint density at radius 3 is 2.35 bits per heavy atom. The van der Waals surface area contributed by atoms with Gasteiger partial charge in [-0.15, -0.1) is 0 Å². The topological polar surface area (TPSA) is 113 Å². The Bertz CT molecular complexity index is 443. The third-order valence-corrected chi connectivity index (χ3v) is 4.38. The van der Waals surface area contributed by atoms with Crippen LogP contribution in [0.15, 0.2) is 0 Å². The number of aliphatic carboxylic acids is 1. The van der Waals surface area contributed by atoms with E-state index in [0.717, 1.165) is 38.4 Å². The first-order valence-electron chi connectivity index (χ1n) is 6.74. The maximum absolute atomic E-state index is 11.6. The number of carboxylic acid groups (broad SMARTS) is 1. The molecule has 1 aliphatic rings. The van der Waals surface area contributed by atoms with E-state index in [1.165, 1.54) is 0 Å². The molecule has 0 bridgehead atoms. The average molecular weight is 306 g/mol. The lowest BCUT2D eigenvalue weighted by Crippen LogP contribution is -2.50. The molecule has 0 saturated heterocycles. The second-order valence-electron chi connectivity index (χ2n) is 5.24. The van der Waals surface area contributed by atoms with Crippen molar-refractivity contribution < 1.29 is 23.1 Å². The van der Waals surface area contributed by atoms with Gasteiger partial charge in [-0.3, -0.25) is 0 Å². The van der Waals surface area contributed by atoms with E-state index < -0.39 is 27.9 Å². The highest BCUT2D eigenvalue weighted by molar-refractivity contribution is 7.90. The van der Waals surface area contributed by atoms with Gasteiger partial charge in [0.15, 0.2) is 0 Å². The first kappa shape index (κ1) is 16.7. The van der Waals surface area contributed by atoms with Gasteiger partial charge in [-0.25, -0.2) is 18.0 Å². The molecule has 3 N–H and O–H groups in total. The van der Waals surface area contributed by atoms with Crippen molar-refractivity contribution in [1.29, 1.82) is 0 Å². The largest absolute Gasteiger partial charge is 0.480 e. The molecule has 1 unspecified atom stereocenters. The zero-order chi connectivity index (χ0) is 15.2.